The Morgan fingerprint density at radius 3 is 2.30 bits per heavy atom. The first-order chi connectivity index (χ1) is 14.2. The van der Waals surface area contributed by atoms with E-state index in [0.29, 0.717) is 35.9 Å². The number of hydrogen-bond acceptors (Lipinski definition) is 3. The molecule has 0 radical (unpaired) electrons. The van der Waals surface area contributed by atoms with Crippen molar-refractivity contribution >= 4 is 23.4 Å². The van der Waals surface area contributed by atoms with Gasteiger partial charge in [-0.25, -0.2) is 0 Å². The molecule has 162 valence electrons. The molecule has 2 aromatic rings. The predicted molar refractivity (Wildman–Crippen MR) is 123 cm³/mol. The molecule has 2 atom stereocenters. The molecular formula is C24H32ClN3O2. The lowest BCUT2D eigenvalue weighted by Gasteiger charge is -2.26. The Morgan fingerprint density at radius 1 is 1.10 bits per heavy atom. The van der Waals surface area contributed by atoms with Gasteiger partial charge < -0.3 is 16.0 Å². The minimum absolute atomic E-state index is 0.0413. The lowest BCUT2D eigenvalue weighted by atomic mass is 9.85. The van der Waals surface area contributed by atoms with Gasteiger partial charge in [-0.3, -0.25) is 9.59 Å². The standard InChI is InChI=1S/C24H32ClN3O2/c1-16(2)21(17-8-6-5-7-9-17)14-23(29)27-15-20(28(3)4)12-18-10-11-19(24(26)30)13-22(18)25/h5-11,13,16,20-21H,12,14-15H2,1-4H3,(H2,26,30)(H,27,29). The van der Waals surface area contributed by atoms with E-state index in [1.54, 1.807) is 12.1 Å². The minimum atomic E-state index is -0.502. The molecule has 3 N–H and O–H groups in total. The van der Waals surface area contributed by atoms with Crippen molar-refractivity contribution in [3.63, 3.8) is 0 Å². The van der Waals surface area contributed by atoms with Gasteiger partial charge in [-0.05, 0) is 55.6 Å². The first kappa shape index (κ1) is 23.9. The van der Waals surface area contributed by atoms with Gasteiger partial charge >= 0.3 is 0 Å². The first-order valence-corrected chi connectivity index (χ1v) is 10.6. The summed E-state index contributed by atoms with van der Waals surface area (Å²) in [6.07, 6.45) is 1.10. The van der Waals surface area contributed by atoms with E-state index in [1.165, 1.54) is 5.56 Å². The Bertz CT molecular complexity index is 853. The number of carbonyl (C=O) groups is 2. The summed E-state index contributed by atoms with van der Waals surface area (Å²) in [4.78, 5) is 26.1. The van der Waals surface area contributed by atoms with E-state index < -0.39 is 5.91 Å². The van der Waals surface area contributed by atoms with Crippen molar-refractivity contribution in [2.75, 3.05) is 20.6 Å². The smallest absolute Gasteiger partial charge is 0.248 e. The van der Waals surface area contributed by atoms with Crippen LogP contribution in [0.2, 0.25) is 5.02 Å². The average Bonchev–Trinajstić information content (AvgIpc) is 2.70. The Balaban J connectivity index is 2.00. The highest BCUT2D eigenvalue weighted by Gasteiger charge is 2.21. The van der Waals surface area contributed by atoms with Gasteiger partial charge in [0.25, 0.3) is 0 Å². The van der Waals surface area contributed by atoms with E-state index in [4.69, 9.17) is 17.3 Å². The number of rotatable bonds is 10. The predicted octanol–water partition coefficient (Wildman–Crippen LogP) is 3.86. The zero-order valence-corrected chi connectivity index (χ0v) is 18.9. The third-order valence-corrected chi connectivity index (χ3v) is 5.85. The molecule has 0 aliphatic heterocycles. The Labute approximate surface area is 184 Å². The van der Waals surface area contributed by atoms with E-state index in [9.17, 15) is 9.59 Å². The molecule has 0 fully saturated rings. The van der Waals surface area contributed by atoms with Crippen LogP contribution in [0.3, 0.4) is 0 Å². The van der Waals surface area contributed by atoms with Crippen LogP contribution >= 0.6 is 11.6 Å². The normalized spacial score (nSPS) is 13.3. The Morgan fingerprint density at radius 2 is 1.77 bits per heavy atom. The fraction of sp³-hybridized carbons (Fsp3) is 0.417. The molecule has 0 spiro atoms. The number of nitrogens with two attached hydrogens (primary N) is 1. The van der Waals surface area contributed by atoms with Crippen LogP contribution in [-0.4, -0.2) is 43.4 Å². The molecular weight excluding hydrogens is 398 g/mol. The molecule has 2 aromatic carbocycles. The van der Waals surface area contributed by atoms with Crippen LogP contribution in [-0.2, 0) is 11.2 Å². The van der Waals surface area contributed by atoms with Crippen molar-refractivity contribution in [2.24, 2.45) is 11.7 Å². The molecule has 0 heterocycles. The maximum absolute atomic E-state index is 12.7. The highest BCUT2D eigenvalue weighted by molar-refractivity contribution is 6.31. The van der Waals surface area contributed by atoms with Crippen LogP contribution in [0.4, 0.5) is 0 Å². The minimum Gasteiger partial charge on any atom is -0.366 e. The van der Waals surface area contributed by atoms with Gasteiger partial charge in [0.2, 0.25) is 11.8 Å². The average molecular weight is 430 g/mol. The second-order valence-corrected chi connectivity index (χ2v) is 8.67. The lowest BCUT2D eigenvalue weighted by Crippen LogP contribution is -2.42. The van der Waals surface area contributed by atoms with Crippen LogP contribution in [0.25, 0.3) is 0 Å². The maximum Gasteiger partial charge on any atom is 0.248 e. The Hall–Kier alpha value is -2.37. The summed E-state index contributed by atoms with van der Waals surface area (Å²) in [6.45, 7) is 4.80. The van der Waals surface area contributed by atoms with Gasteiger partial charge in [0.1, 0.15) is 0 Å². The van der Waals surface area contributed by atoms with Crippen LogP contribution in [0.15, 0.2) is 48.5 Å². The summed E-state index contributed by atoms with van der Waals surface area (Å²) >= 11 is 6.34. The molecule has 0 aliphatic carbocycles. The van der Waals surface area contributed by atoms with E-state index in [1.807, 2.05) is 38.4 Å². The second-order valence-electron chi connectivity index (χ2n) is 8.26. The SMILES string of the molecule is CC(C)C(CC(=O)NCC(Cc1ccc(C(N)=O)cc1Cl)N(C)C)c1ccccc1. The van der Waals surface area contributed by atoms with Crippen molar-refractivity contribution in [2.45, 2.75) is 38.6 Å². The zero-order valence-electron chi connectivity index (χ0n) is 18.2. The highest BCUT2D eigenvalue weighted by Crippen LogP contribution is 2.27. The summed E-state index contributed by atoms with van der Waals surface area (Å²) < 4.78 is 0. The summed E-state index contributed by atoms with van der Waals surface area (Å²) in [5, 5.41) is 3.60. The van der Waals surface area contributed by atoms with Crippen molar-refractivity contribution in [3.8, 4) is 0 Å². The molecule has 0 saturated heterocycles. The molecule has 6 heteroatoms. The molecule has 0 aromatic heterocycles. The summed E-state index contributed by atoms with van der Waals surface area (Å²) in [5.74, 6) is 0.0859. The summed E-state index contributed by atoms with van der Waals surface area (Å²) in [6, 6.07) is 15.3. The number of primary amides is 1. The number of nitrogens with zero attached hydrogens (tertiary/aromatic N) is 1. The van der Waals surface area contributed by atoms with Crippen molar-refractivity contribution in [1.82, 2.24) is 10.2 Å². The van der Waals surface area contributed by atoms with Gasteiger partial charge in [0.05, 0.1) is 0 Å². The first-order valence-electron chi connectivity index (χ1n) is 10.2. The summed E-state index contributed by atoms with van der Waals surface area (Å²) in [7, 11) is 3.95. The highest BCUT2D eigenvalue weighted by atomic mass is 35.5. The van der Waals surface area contributed by atoms with Gasteiger partial charge in [-0.15, -0.1) is 0 Å². The topological polar surface area (TPSA) is 75.4 Å². The fourth-order valence-corrected chi connectivity index (χ4v) is 3.76. The Kier molecular flexibility index (Phi) is 8.88. The third kappa shape index (κ3) is 6.85. The van der Waals surface area contributed by atoms with Crippen molar-refractivity contribution < 1.29 is 9.59 Å². The van der Waals surface area contributed by atoms with E-state index in [0.717, 1.165) is 5.56 Å². The number of nitrogens with one attached hydrogen (secondary N) is 1. The number of benzene rings is 2. The monoisotopic (exact) mass is 429 g/mol. The van der Waals surface area contributed by atoms with Gasteiger partial charge in [0, 0.05) is 29.6 Å². The molecule has 2 unspecified atom stereocenters. The van der Waals surface area contributed by atoms with Crippen LogP contribution in [0, 0.1) is 5.92 Å². The zero-order chi connectivity index (χ0) is 22.3. The number of carbonyl (C=O) groups excluding carboxylic acids is 2. The lowest BCUT2D eigenvalue weighted by molar-refractivity contribution is -0.121. The second kappa shape index (κ2) is 11.1. The van der Waals surface area contributed by atoms with E-state index in [-0.39, 0.29) is 17.9 Å². The summed E-state index contributed by atoms with van der Waals surface area (Å²) in [5.41, 5.74) is 7.80. The fourth-order valence-electron chi connectivity index (χ4n) is 3.50. The maximum atomic E-state index is 12.7. The number of hydrogen-bond donors (Lipinski definition) is 2. The molecule has 5 nitrogen and oxygen atoms in total. The van der Waals surface area contributed by atoms with Gasteiger partial charge in [-0.1, -0.05) is 61.8 Å². The van der Waals surface area contributed by atoms with Gasteiger partial charge in [-0.2, -0.15) is 0 Å². The molecule has 0 aliphatic rings. The number of likely N-dealkylation sites (N-methyl/N-ethyl adjacent to an activating group) is 1. The van der Waals surface area contributed by atoms with Gasteiger partial charge in [0.15, 0.2) is 0 Å². The van der Waals surface area contributed by atoms with Crippen molar-refractivity contribution in [3.05, 3.63) is 70.2 Å². The quantitative estimate of drug-likeness (QED) is 0.602. The van der Waals surface area contributed by atoms with Crippen LogP contribution in [0.5, 0.6) is 0 Å². The van der Waals surface area contributed by atoms with Crippen molar-refractivity contribution in [1.29, 1.82) is 0 Å². The van der Waals surface area contributed by atoms with Crippen LogP contribution in [0.1, 0.15) is 47.7 Å². The molecule has 30 heavy (non-hydrogen) atoms. The largest absolute Gasteiger partial charge is 0.366 e. The van der Waals surface area contributed by atoms with E-state index >= 15 is 0 Å². The molecule has 0 bridgehead atoms. The number of halogens is 1. The molecule has 0 saturated carbocycles. The molecule has 2 amide bonds. The molecule has 2 rings (SSSR count). The third-order valence-electron chi connectivity index (χ3n) is 5.50. The van der Waals surface area contributed by atoms with Crippen LogP contribution < -0.4 is 11.1 Å². The number of amides is 2. The van der Waals surface area contributed by atoms with E-state index in [2.05, 4.69) is 36.2 Å².